The predicted octanol–water partition coefficient (Wildman–Crippen LogP) is 5.24. The molecule has 30 heavy (non-hydrogen) atoms. The number of aromatic nitrogens is 3. The first kappa shape index (κ1) is 20.7. The SMILES string of the molecule is CC(C)(C)OC(=O)N1CCC(Cc2cccc(-c3cnc4ccc(Cl)nn34)c2)CC1. The molecule has 0 atom stereocenters. The minimum Gasteiger partial charge on any atom is -0.444 e. The topological polar surface area (TPSA) is 59.7 Å². The first-order chi connectivity index (χ1) is 14.3. The van der Waals surface area contributed by atoms with Gasteiger partial charge in [-0.1, -0.05) is 29.8 Å². The van der Waals surface area contributed by atoms with Gasteiger partial charge in [-0.05, 0) is 69.7 Å². The predicted molar refractivity (Wildman–Crippen MR) is 118 cm³/mol. The fraction of sp³-hybridized carbons (Fsp3) is 0.435. The average Bonchev–Trinajstić information content (AvgIpc) is 3.10. The third kappa shape index (κ3) is 4.75. The van der Waals surface area contributed by atoms with Crippen molar-refractivity contribution in [2.75, 3.05) is 13.1 Å². The standard InChI is InChI=1S/C23H27ClN4O2/c1-23(2,3)30-22(29)27-11-9-16(10-12-27)13-17-5-4-6-18(14-17)19-15-25-21-8-7-20(24)26-28(19)21/h4-8,14-16H,9-13H2,1-3H3. The van der Waals surface area contributed by atoms with Crippen molar-refractivity contribution in [2.45, 2.75) is 45.6 Å². The van der Waals surface area contributed by atoms with Crippen LogP contribution in [0.3, 0.4) is 0 Å². The van der Waals surface area contributed by atoms with Gasteiger partial charge in [0.05, 0.1) is 11.9 Å². The third-order valence-corrected chi connectivity index (χ3v) is 5.54. The maximum atomic E-state index is 12.3. The van der Waals surface area contributed by atoms with Crippen molar-refractivity contribution in [3.05, 3.63) is 53.3 Å². The second kappa shape index (κ2) is 8.26. The largest absolute Gasteiger partial charge is 0.444 e. The van der Waals surface area contributed by atoms with Crippen molar-refractivity contribution >= 4 is 23.3 Å². The van der Waals surface area contributed by atoms with Crippen molar-refractivity contribution < 1.29 is 9.53 Å². The van der Waals surface area contributed by atoms with Crippen LogP contribution in [0.15, 0.2) is 42.6 Å². The molecule has 1 aromatic carbocycles. The van der Waals surface area contributed by atoms with Crippen molar-refractivity contribution in [1.82, 2.24) is 19.5 Å². The summed E-state index contributed by atoms with van der Waals surface area (Å²) in [5.41, 5.74) is 3.59. The van der Waals surface area contributed by atoms with Gasteiger partial charge in [-0.3, -0.25) is 0 Å². The number of ether oxygens (including phenoxy) is 1. The van der Waals surface area contributed by atoms with Crippen LogP contribution in [-0.2, 0) is 11.2 Å². The first-order valence-corrected chi connectivity index (χ1v) is 10.7. The number of fused-ring (bicyclic) bond motifs is 1. The monoisotopic (exact) mass is 426 g/mol. The molecular formula is C23H27ClN4O2. The van der Waals surface area contributed by atoms with Crippen LogP contribution in [0, 0.1) is 5.92 Å². The third-order valence-electron chi connectivity index (χ3n) is 5.34. The zero-order valence-corrected chi connectivity index (χ0v) is 18.4. The molecule has 0 N–H and O–H groups in total. The number of likely N-dealkylation sites (tertiary alicyclic amines) is 1. The van der Waals surface area contributed by atoms with Crippen molar-refractivity contribution in [2.24, 2.45) is 5.92 Å². The van der Waals surface area contributed by atoms with E-state index in [9.17, 15) is 4.79 Å². The van der Waals surface area contributed by atoms with E-state index >= 15 is 0 Å². The lowest BCUT2D eigenvalue weighted by atomic mass is 9.89. The Balaban J connectivity index is 1.42. The molecule has 1 fully saturated rings. The molecule has 1 amide bonds. The van der Waals surface area contributed by atoms with Gasteiger partial charge in [0, 0.05) is 18.7 Å². The molecule has 7 heteroatoms. The lowest BCUT2D eigenvalue weighted by molar-refractivity contribution is 0.0184. The molecule has 0 saturated carbocycles. The van der Waals surface area contributed by atoms with E-state index in [4.69, 9.17) is 16.3 Å². The zero-order valence-electron chi connectivity index (χ0n) is 17.6. The average molecular weight is 427 g/mol. The summed E-state index contributed by atoms with van der Waals surface area (Å²) in [5, 5.41) is 4.82. The molecule has 3 aromatic rings. The van der Waals surface area contributed by atoms with Gasteiger partial charge in [0.2, 0.25) is 0 Å². The summed E-state index contributed by atoms with van der Waals surface area (Å²) in [6.45, 7) is 7.19. The number of imidazole rings is 1. The van der Waals surface area contributed by atoms with Crippen LogP contribution in [-0.4, -0.2) is 44.3 Å². The molecule has 0 unspecified atom stereocenters. The fourth-order valence-corrected chi connectivity index (χ4v) is 4.02. The Morgan fingerprint density at radius 2 is 1.97 bits per heavy atom. The molecule has 6 nitrogen and oxygen atoms in total. The van der Waals surface area contributed by atoms with Crippen LogP contribution in [0.4, 0.5) is 4.79 Å². The number of nitrogens with zero attached hydrogens (tertiary/aromatic N) is 4. The molecule has 4 rings (SSSR count). The van der Waals surface area contributed by atoms with Gasteiger partial charge in [0.25, 0.3) is 0 Å². The molecule has 0 aliphatic carbocycles. The molecule has 0 bridgehead atoms. The molecule has 158 valence electrons. The van der Waals surface area contributed by atoms with Crippen LogP contribution < -0.4 is 0 Å². The summed E-state index contributed by atoms with van der Waals surface area (Å²) in [6.07, 6.45) is 4.58. The first-order valence-electron chi connectivity index (χ1n) is 10.4. The van der Waals surface area contributed by atoms with Crippen molar-refractivity contribution in [3.8, 4) is 11.3 Å². The van der Waals surface area contributed by atoms with Gasteiger partial charge in [-0.25, -0.2) is 14.3 Å². The molecular weight excluding hydrogens is 400 g/mol. The minimum absolute atomic E-state index is 0.207. The van der Waals surface area contributed by atoms with Gasteiger partial charge < -0.3 is 9.64 Å². The number of carbonyl (C=O) groups excluding carboxylic acids is 1. The maximum Gasteiger partial charge on any atom is 0.410 e. The van der Waals surface area contributed by atoms with E-state index in [1.54, 1.807) is 10.6 Å². The van der Waals surface area contributed by atoms with Crippen LogP contribution in [0.2, 0.25) is 5.15 Å². The van der Waals surface area contributed by atoms with Gasteiger partial charge in [-0.15, -0.1) is 0 Å². The molecule has 3 heterocycles. The van der Waals surface area contributed by atoms with Crippen LogP contribution in [0.25, 0.3) is 16.9 Å². The Morgan fingerprint density at radius 1 is 1.20 bits per heavy atom. The van der Waals surface area contributed by atoms with Gasteiger partial charge in [0.1, 0.15) is 10.8 Å². The van der Waals surface area contributed by atoms with Crippen LogP contribution >= 0.6 is 11.6 Å². The Kier molecular flexibility index (Phi) is 5.69. The van der Waals surface area contributed by atoms with Gasteiger partial charge in [0.15, 0.2) is 5.65 Å². The summed E-state index contributed by atoms with van der Waals surface area (Å²) >= 11 is 6.07. The Bertz CT molecular complexity index is 1050. The highest BCUT2D eigenvalue weighted by molar-refractivity contribution is 6.29. The fourth-order valence-electron chi connectivity index (χ4n) is 3.88. The van der Waals surface area contributed by atoms with E-state index in [-0.39, 0.29) is 6.09 Å². The number of amides is 1. The Labute approximate surface area is 181 Å². The van der Waals surface area contributed by atoms with E-state index in [0.717, 1.165) is 49.3 Å². The number of hydrogen-bond acceptors (Lipinski definition) is 4. The molecule has 1 aliphatic rings. The number of halogens is 1. The quantitative estimate of drug-likeness (QED) is 0.574. The van der Waals surface area contributed by atoms with Gasteiger partial charge >= 0.3 is 6.09 Å². The normalized spacial score (nSPS) is 15.5. The highest BCUT2D eigenvalue weighted by Crippen LogP contribution is 2.26. The number of hydrogen-bond donors (Lipinski definition) is 0. The molecule has 0 radical (unpaired) electrons. The summed E-state index contributed by atoms with van der Waals surface area (Å²) < 4.78 is 7.27. The highest BCUT2D eigenvalue weighted by atomic mass is 35.5. The zero-order chi connectivity index (χ0) is 21.3. The van der Waals surface area contributed by atoms with Crippen molar-refractivity contribution in [1.29, 1.82) is 0 Å². The minimum atomic E-state index is -0.453. The molecule has 0 spiro atoms. The van der Waals surface area contributed by atoms with E-state index in [0.29, 0.717) is 11.1 Å². The summed E-state index contributed by atoms with van der Waals surface area (Å²) in [7, 11) is 0. The summed E-state index contributed by atoms with van der Waals surface area (Å²) in [4.78, 5) is 18.5. The van der Waals surface area contributed by atoms with E-state index in [2.05, 4.69) is 34.3 Å². The maximum absolute atomic E-state index is 12.3. The lowest BCUT2D eigenvalue weighted by Gasteiger charge is -2.33. The Morgan fingerprint density at radius 3 is 2.70 bits per heavy atom. The Hall–Kier alpha value is -2.60. The lowest BCUT2D eigenvalue weighted by Crippen LogP contribution is -2.42. The molecule has 2 aromatic heterocycles. The second-order valence-electron chi connectivity index (χ2n) is 8.88. The summed E-state index contributed by atoms with van der Waals surface area (Å²) in [6, 6.07) is 12.1. The number of piperidine rings is 1. The second-order valence-corrected chi connectivity index (χ2v) is 9.27. The van der Waals surface area contributed by atoms with Gasteiger partial charge in [-0.2, -0.15) is 5.10 Å². The summed E-state index contributed by atoms with van der Waals surface area (Å²) in [5.74, 6) is 0.550. The van der Waals surface area contributed by atoms with Crippen LogP contribution in [0.5, 0.6) is 0 Å². The van der Waals surface area contributed by atoms with E-state index < -0.39 is 5.60 Å². The van der Waals surface area contributed by atoms with E-state index in [1.165, 1.54) is 5.56 Å². The van der Waals surface area contributed by atoms with E-state index in [1.807, 2.05) is 37.9 Å². The number of carbonyl (C=O) groups is 1. The number of rotatable bonds is 3. The highest BCUT2D eigenvalue weighted by Gasteiger charge is 2.27. The smallest absolute Gasteiger partial charge is 0.410 e. The molecule has 1 aliphatic heterocycles. The van der Waals surface area contributed by atoms with Crippen LogP contribution in [0.1, 0.15) is 39.2 Å². The number of benzene rings is 1. The molecule has 1 saturated heterocycles. The van der Waals surface area contributed by atoms with Crippen molar-refractivity contribution in [3.63, 3.8) is 0 Å².